The largest absolute Gasteiger partial charge is 0.573 e. The van der Waals surface area contributed by atoms with E-state index in [2.05, 4.69) is 36.6 Å². The van der Waals surface area contributed by atoms with Gasteiger partial charge in [-0.25, -0.2) is 0 Å². The van der Waals surface area contributed by atoms with Crippen molar-refractivity contribution in [2.24, 2.45) is 0 Å². The van der Waals surface area contributed by atoms with Crippen molar-refractivity contribution < 1.29 is 22.7 Å². The number of carbonyl (C=O) groups is 1. The van der Waals surface area contributed by atoms with Crippen LogP contribution in [0.15, 0.2) is 22.7 Å². The van der Waals surface area contributed by atoms with Crippen molar-refractivity contribution >= 4 is 37.6 Å². The summed E-state index contributed by atoms with van der Waals surface area (Å²) in [5.74, 6) is -0.988. The molecule has 0 aliphatic carbocycles. The van der Waals surface area contributed by atoms with E-state index in [0.717, 1.165) is 6.07 Å². The first-order valence-electron chi connectivity index (χ1n) is 3.98. The highest BCUT2D eigenvalue weighted by molar-refractivity contribution is 9.10. The minimum absolute atomic E-state index is 0.0666. The van der Waals surface area contributed by atoms with Crippen LogP contribution in [0.2, 0.25) is 0 Å². The Kier molecular flexibility index (Phi) is 4.37. The summed E-state index contributed by atoms with van der Waals surface area (Å²) in [4.78, 5) is 11.3. The molecule has 0 aromatic heterocycles. The van der Waals surface area contributed by atoms with Gasteiger partial charge in [0.15, 0.2) is 5.78 Å². The third kappa shape index (κ3) is 3.79. The molecule has 16 heavy (non-hydrogen) atoms. The van der Waals surface area contributed by atoms with E-state index in [9.17, 15) is 18.0 Å². The summed E-state index contributed by atoms with van der Waals surface area (Å²) in [7, 11) is 0. The lowest BCUT2D eigenvalue weighted by atomic mass is 10.1. The number of benzene rings is 1. The highest BCUT2D eigenvalue weighted by atomic mass is 79.9. The number of alkyl halides is 4. The van der Waals surface area contributed by atoms with Gasteiger partial charge in [-0.15, -0.1) is 13.2 Å². The van der Waals surface area contributed by atoms with E-state index in [-0.39, 0.29) is 10.9 Å². The molecular weight excluding hydrogens is 357 g/mol. The minimum atomic E-state index is -4.82. The molecule has 0 saturated carbocycles. The van der Waals surface area contributed by atoms with Crippen molar-refractivity contribution in [3.05, 3.63) is 28.2 Å². The smallest absolute Gasteiger partial charge is 0.405 e. The first kappa shape index (κ1) is 13.5. The zero-order chi connectivity index (χ0) is 12.3. The van der Waals surface area contributed by atoms with Crippen molar-refractivity contribution in [3.8, 4) is 5.75 Å². The molecule has 0 fully saturated rings. The summed E-state index contributed by atoms with van der Waals surface area (Å²) in [5.41, 5.74) is -0.114. The molecule has 0 amide bonds. The lowest BCUT2D eigenvalue weighted by Gasteiger charge is -2.12. The zero-order valence-electron chi connectivity index (χ0n) is 7.65. The van der Waals surface area contributed by atoms with Gasteiger partial charge in [-0.2, -0.15) is 0 Å². The van der Waals surface area contributed by atoms with E-state index in [4.69, 9.17) is 0 Å². The molecule has 0 saturated heterocycles. The van der Waals surface area contributed by atoms with Crippen LogP contribution in [0.5, 0.6) is 5.75 Å². The van der Waals surface area contributed by atoms with Gasteiger partial charge >= 0.3 is 6.36 Å². The van der Waals surface area contributed by atoms with Gasteiger partial charge in [-0.3, -0.25) is 4.79 Å². The second-order valence-electron chi connectivity index (χ2n) is 2.75. The summed E-state index contributed by atoms with van der Waals surface area (Å²) in [6.07, 6.45) is -4.82. The van der Waals surface area contributed by atoms with Crippen molar-refractivity contribution in [1.29, 1.82) is 0 Å². The Morgan fingerprint density at radius 1 is 1.38 bits per heavy atom. The molecule has 0 radical (unpaired) electrons. The molecule has 0 bridgehead atoms. The zero-order valence-corrected chi connectivity index (χ0v) is 10.8. The summed E-state index contributed by atoms with van der Waals surface area (Å²) in [6, 6.07) is 3.84. The third-order valence-electron chi connectivity index (χ3n) is 1.59. The maximum Gasteiger partial charge on any atom is 0.573 e. The van der Waals surface area contributed by atoms with Crippen LogP contribution in [0.1, 0.15) is 10.4 Å². The van der Waals surface area contributed by atoms with E-state index in [1.807, 2.05) is 0 Å². The van der Waals surface area contributed by atoms with Crippen LogP contribution in [-0.4, -0.2) is 17.5 Å². The topological polar surface area (TPSA) is 26.3 Å². The fraction of sp³-hybridized carbons (Fsp3) is 0.222. The number of carbonyl (C=O) groups excluding carboxylic acids is 1. The molecule has 0 heterocycles. The average Bonchev–Trinajstić information content (AvgIpc) is 2.14. The van der Waals surface area contributed by atoms with E-state index in [1.54, 1.807) is 0 Å². The van der Waals surface area contributed by atoms with Gasteiger partial charge in [0.05, 0.1) is 10.9 Å². The van der Waals surface area contributed by atoms with E-state index < -0.39 is 17.9 Å². The van der Waals surface area contributed by atoms with Crippen LogP contribution in [0.3, 0.4) is 0 Å². The maximum atomic E-state index is 12.1. The lowest BCUT2D eigenvalue weighted by Crippen LogP contribution is -2.19. The molecule has 0 aliphatic heterocycles. The lowest BCUT2D eigenvalue weighted by molar-refractivity contribution is -0.274. The van der Waals surface area contributed by atoms with Crippen LogP contribution >= 0.6 is 31.9 Å². The van der Waals surface area contributed by atoms with Crippen molar-refractivity contribution in [2.75, 3.05) is 5.33 Å². The number of halogens is 5. The SMILES string of the molecule is O=C(CBr)c1ccc(Br)cc1OC(F)(F)F. The summed E-state index contributed by atoms with van der Waals surface area (Å²) < 4.78 is 40.3. The van der Waals surface area contributed by atoms with Crippen molar-refractivity contribution in [3.63, 3.8) is 0 Å². The number of hydrogen-bond donors (Lipinski definition) is 0. The molecule has 1 aromatic rings. The molecule has 0 spiro atoms. The Labute approximate surface area is 106 Å². The Morgan fingerprint density at radius 3 is 2.50 bits per heavy atom. The van der Waals surface area contributed by atoms with Crippen molar-refractivity contribution in [1.82, 2.24) is 0 Å². The van der Waals surface area contributed by atoms with E-state index in [1.165, 1.54) is 12.1 Å². The summed E-state index contributed by atoms with van der Waals surface area (Å²) >= 11 is 5.89. The summed E-state index contributed by atoms with van der Waals surface area (Å²) in [6.45, 7) is 0. The molecular formula is C9H5Br2F3O2. The Morgan fingerprint density at radius 2 is 2.00 bits per heavy atom. The van der Waals surface area contributed by atoms with Gasteiger partial charge in [-0.1, -0.05) is 31.9 Å². The number of ether oxygens (including phenoxy) is 1. The normalized spacial score (nSPS) is 11.3. The maximum absolute atomic E-state index is 12.1. The second kappa shape index (κ2) is 5.18. The molecule has 88 valence electrons. The molecule has 0 unspecified atom stereocenters. The number of Topliss-reactive ketones (excluding diaryl/α,β-unsaturated/α-hetero) is 1. The number of rotatable bonds is 3. The number of ketones is 1. The molecule has 0 atom stereocenters. The molecule has 2 nitrogen and oxygen atoms in total. The van der Waals surface area contributed by atoms with Gasteiger partial charge in [0.2, 0.25) is 0 Å². The first-order chi connectivity index (χ1) is 7.33. The first-order valence-corrected chi connectivity index (χ1v) is 5.89. The highest BCUT2D eigenvalue weighted by Gasteiger charge is 2.32. The van der Waals surface area contributed by atoms with Gasteiger partial charge < -0.3 is 4.74 Å². The Bertz CT molecular complexity index is 404. The average molecular weight is 362 g/mol. The Balaban J connectivity index is 3.13. The van der Waals surface area contributed by atoms with Crippen LogP contribution in [0.4, 0.5) is 13.2 Å². The minimum Gasteiger partial charge on any atom is -0.405 e. The molecule has 1 aromatic carbocycles. The van der Waals surface area contributed by atoms with Crippen LogP contribution < -0.4 is 4.74 Å². The molecule has 1 rings (SSSR count). The van der Waals surface area contributed by atoms with Gasteiger partial charge in [-0.05, 0) is 18.2 Å². The van der Waals surface area contributed by atoms with Crippen molar-refractivity contribution in [2.45, 2.75) is 6.36 Å². The summed E-state index contributed by atoms with van der Waals surface area (Å²) in [5, 5.41) is -0.0666. The van der Waals surface area contributed by atoms with Crippen LogP contribution in [0.25, 0.3) is 0 Å². The van der Waals surface area contributed by atoms with Crippen LogP contribution in [-0.2, 0) is 0 Å². The predicted molar refractivity (Wildman–Crippen MR) is 58.9 cm³/mol. The molecule has 0 aliphatic rings. The quantitative estimate of drug-likeness (QED) is 0.602. The fourth-order valence-electron chi connectivity index (χ4n) is 1.01. The molecule has 0 N–H and O–H groups in total. The molecule has 7 heteroatoms. The fourth-order valence-corrected chi connectivity index (χ4v) is 1.65. The van der Waals surface area contributed by atoms with E-state index >= 15 is 0 Å². The standard InChI is InChI=1S/C9H5Br2F3O2/c10-4-7(15)6-2-1-5(11)3-8(6)16-9(12,13)14/h1-3H,4H2. The number of hydrogen-bond acceptors (Lipinski definition) is 2. The predicted octanol–water partition coefficient (Wildman–Crippen LogP) is 3.93. The van der Waals surface area contributed by atoms with Gasteiger partial charge in [0.25, 0.3) is 0 Å². The third-order valence-corrected chi connectivity index (χ3v) is 2.59. The Hall–Kier alpha value is -0.560. The second-order valence-corrected chi connectivity index (χ2v) is 4.22. The van der Waals surface area contributed by atoms with Gasteiger partial charge in [0.1, 0.15) is 5.75 Å². The van der Waals surface area contributed by atoms with Crippen LogP contribution in [0, 0.1) is 0 Å². The van der Waals surface area contributed by atoms with Gasteiger partial charge in [0, 0.05) is 4.47 Å². The monoisotopic (exact) mass is 360 g/mol. The van der Waals surface area contributed by atoms with E-state index in [0.29, 0.717) is 4.47 Å². The highest BCUT2D eigenvalue weighted by Crippen LogP contribution is 2.29.